The Labute approximate surface area is 118 Å². The van der Waals surface area contributed by atoms with Crippen LogP contribution in [0.4, 0.5) is 0 Å². The summed E-state index contributed by atoms with van der Waals surface area (Å²) >= 11 is 0. The first-order chi connectivity index (χ1) is 9.08. The fourth-order valence-electron chi connectivity index (χ4n) is 3.06. The fraction of sp³-hybridized carbons (Fsp3) is 0.938. The first kappa shape index (κ1) is 16.5. The van der Waals surface area contributed by atoms with Crippen molar-refractivity contribution in [3.05, 3.63) is 0 Å². The largest absolute Gasteiger partial charge is 0.352 e. The Bertz CT molecular complexity index is 257. The molecule has 0 aliphatic heterocycles. The summed E-state index contributed by atoms with van der Waals surface area (Å²) in [5.41, 5.74) is 0. The maximum absolute atomic E-state index is 12.1. The van der Waals surface area contributed by atoms with E-state index < -0.39 is 0 Å². The highest BCUT2D eigenvalue weighted by Crippen LogP contribution is 2.26. The average Bonchev–Trinajstić information content (AvgIpc) is 2.45. The molecule has 0 aromatic heterocycles. The quantitative estimate of drug-likeness (QED) is 0.744. The van der Waals surface area contributed by atoms with E-state index in [4.69, 9.17) is 0 Å². The maximum atomic E-state index is 12.1. The highest BCUT2D eigenvalue weighted by Gasteiger charge is 2.23. The molecule has 0 bridgehead atoms. The van der Waals surface area contributed by atoms with E-state index in [-0.39, 0.29) is 11.9 Å². The molecule has 1 rings (SSSR count). The van der Waals surface area contributed by atoms with Crippen molar-refractivity contribution in [1.29, 1.82) is 0 Å². The smallest absolute Gasteiger partial charge is 0.237 e. The van der Waals surface area contributed by atoms with Gasteiger partial charge in [0.2, 0.25) is 5.91 Å². The monoisotopic (exact) mass is 268 g/mol. The Kier molecular flexibility index (Phi) is 7.44. The number of carbonyl (C=O) groups is 1. The fourth-order valence-corrected chi connectivity index (χ4v) is 3.06. The van der Waals surface area contributed by atoms with Crippen molar-refractivity contribution >= 4 is 5.91 Å². The zero-order valence-electron chi connectivity index (χ0n) is 13.2. The second-order valence-corrected chi connectivity index (χ2v) is 6.10. The van der Waals surface area contributed by atoms with E-state index in [1.54, 1.807) is 0 Å². The summed E-state index contributed by atoms with van der Waals surface area (Å²) in [5, 5.41) is 6.61. The van der Waals surface area contributed by atoms with E-state index in [9.17, 15) is 4.79 Å². The number of amides is 1. The van der Waals surface area contributed by atoms with Crippen LogP contribution in [0, 0.1) is 5.92 Å². The third-order valence-corrected chi connectivity index (χ3v) is 4.60. The maximum Gasteiger partial charge on any atom is 0.237 e. The van der Waals surface area contributed by atoms with Crippen LogP contribution in [-0.2, 0) is 4.79 Å². The average molecular weight is 268 g/mol. The third-order valence-electron chi connectivity index (χ3n) is 4.60. The molecule has 3 heteroatoms. The minimum absolute atomic E-state index is 0.0856. The SMILES string of the molecule is CCC(CC)NC(=O)C(C)NC(C)C1CCCCC1. The molecular weight excluding hydrogens is 236 g/mol. The van der Waals surface area contributed by atoms with Crippen LogP contribution >= 0.6 is 0 Å². The standard InChI is InChI=1S/C16H32N2O/c1-5-15(6-2)18-16(19)13(4)17-12(3)14-10-8-7-9-11-14/h12-15,17H,5-11H2,1-4H3,(H,18,19). The zero-order chi connectivity index (χ0) is 14.3. The van der Waals surface area contributed by atoms with Gasteiger partial charge < -0.3 is 10.6 Å². The van der Waals surface area contributed by atoms with Crippen LogP contribution in [0.1, 0.15) is 72.6 Å². The molecule has 2 N–H and O–H groups in total. The predicted octanol–water partition coefficient (Wildman–Crippen LogP) is 3.24. The van der Waals surface area contributed by atoms with Crippen LogP contribution in [0.25, 0.3) is 0 Å². The van der Waals surface area contributed by atoms with Crippen LogP contribution in [0.5, 0.6) is 0 Å². The number of nitrogens with one attached hydrogen (secondary N) is 2. The van der Waals surface area contributed by atoms with E-state index in [0.29, 0.717) is 12.1 Å². The van der Waals surface area contributed by atoms with Gasteiger partial charge in [0.25, 0.3) is 0 Å². The Hall–Kier alpha value is -0.570. The molecule has 1 saturated carbocycles. The van der Waals surface area contributed by atoms with Crippen molar-refractivity contribution in [2.75, 3.05) is 0 Å². The summed E-state index contributed by atoms with van der Waals surface area (Å²) in [6.45, 7) is 8.46. The van der Waals surface area contributed by atoms with Gasteiger partial charge >= 0.3 is 0 Å². The number of carbonyl (C=O) groups excluding carboxylic acids is 1. The summed E-state index contributed by atoms with van der Waals surface area (Å²) in [5.74, 6) is 0.897. The van der Waals surface area contributed by atoms with Gasteiger partial charge in [-0.15, -0.1) is 0 Å². The Balaban J connectivity index is 2.35. The van der Waals surface area contributed by atoms with Crippen LogP contribution in [-0.4, -0.2) is 24.0 Å². The van der Waals surface area contributed by atoms with Gasteiger partial charge in [-0.05, 0) is 45.4 Å². The van der Waals surface area contributed by atoms with Crippen molar-refractivity contribution in [1.82, 2.24) is 10.6 Å². The van der Waals surface area contributed by atoms with Gasteiger partial charge in [0.05, 0.1) is 6.04 Å². The first-order valence-corrected chi connectivity index (χ1v) is 8.14. The van der Waals surface area contributed by atoms with Gasteiger partial charge in [-0.1, -0.05) is 33.1 Å². The summed E-state index contributed by atoms with van der Waals surface area (Å²) in [4.78, 5) is 12.1. The molecular formula is C16H32N2O. The summed E-state index contributed by atoms with van der Waals surface area (Å²) in [6.07, 6.45) is 8.73. The normalized spacial score (nSPS) is 20.3. The van der Waals surface area contributed by atoms with Crippen molar-refractivity contribution < 1.29 is 4.79 Å². The van der Waals surface area contributed by atoms with Crippen LogP contribution in [0.15, 0.2) is 0 Å². The molecule has 0 aromatic carbocycles. The lowest BCUT2D eigenvalue weighted by molar-refractivity contribution is -0.123. The summed E-state index contributed by atoms with van der Waals surface area (Å²) in [6, 6.07) is 0.682. The molecule has 0 spiro atoms. The minimum atomic E-state index is -0.0856. The van der Waals surface area contributed by atoms with Crippen molar-refractivity contribution in [3.63, 3.8) is 0 Å². The molecule has 0 heterocycles. The Morgan fingerprint density at radius 1 is 1.11 bits per heavy atom. The molecule has 0 radical (unpaired) electrons. The lowest BCUT2D eigenvalue weighted by Gasteiger charge is -2.30. The number of hydrogen-bond donors (Lipinski definition) is 2. The van der Waals surface area contributed by atoms with Gasteiger partial charge in [0, 0.05) is 12.1 Å². The van der Waals surface area contributed by atoms with Crippen LogP contribution in [0.2, 0.25) is 0 Å². The van der Waals surface area contributed by atoms with Gasteiger partial charge in [-0.25, -0.2) is 0 Å². The molecule has 1 amide bonds. The van der Waals surface area contributed by atoms with Gasteiger partial charge in [-0.3, -0.25) is 4.79 Å². The molecule has 1 aliphatic carbocycles. The lowest BCUT2D eigenvalue weighted by Crippen LogP contribution is -2.50. The lowest BCUT2D eigenvalue weighted by atomic mass is 9.84. The first-order valence-electron chi connectivity index (χ1n) is 8.14. The number of rotatable bonds is 7. The minimum Gasteiger partial charge on any atom is -0.352 e. The molecule has 2 atom stereocenters. The molecule has 0 saturated heterocycles. The van der Waals surface area contributed by atoms with Crippen molar-refractivity contribution in [3.8, 4) is 0 Å². The zero-order valence-corrected chi connectivity index (χ0v) is 13.2. The molecule has 19 heavy (non-hydrogen) atoms. The molecule has 1 fully saturated rings. The molecule has 112 valence electrons. The van der Waals surface area contributed by atoms with E-state index in [1.807, 2.05) is 6.92 Å². The molecule has 2 unspecified atom stereocenters. The topological polar surface area (TPSA) is 41.1 Å². The molecule has 1 aliphatic rings. The summed E-state index contributed by atoms with van der Waals surface area (Å²) in [7, 11) is 0. The van der Waals surface area contributed by atoms with E-state index in [1.165, 1.54) is 32.1 Å². The Morgan fingerprint density at radius 2 is 1.68 bits per heavy atom. The van der Waals surface area contributed by atoms with Gasteiger partial charge in [-0.2, -0.15) is 0 Å². The van der Waals surface area contributed by atoms with E-state index >= 15 is 0 Å². The third kappa shape index (κ3) is 5.52. The van der Waals surface area contributed by atoms with E-state index in [2.05, 4.69) is 31.4 Å². The van der Waals surface area contributed by atoms with Crippen molar-refractivity contribution in [2.45, 2.75) is 90.8 Å². The van der Waals surface area contributed by atoms with E-state index in [0.717, 1.165) is 18.8 Å². The predicted molar refractivity (Wildman–Crippen MR) is 81.1 cm³/mol. The highest BCUT2D eigenvalue weighted by atomic mass is 16.2. The van der Waals surface area contributed by atoms with Crippen LogP contribution in [0.3, 0.4) is 0 Å². The Morgan fingerprint density at radius 3 is 2.21 bits per heavy atom. The second-order valence-electron chi connectivity index (χ2n) is 6.10. The summed E-state index contributed by atoms with van der Waals surface area (Å²) < 4.78 is 0. The molecule has 3 nitrogen and oxygen atoms in total. The van der Waals surface area contributed by atoms with Crippen molar-refractivity contribution in [2.24, 2.45) is 5.92 Å². The van der Waals surface area contributed by atoms with Gasteiger partial charge in [0.1, 0.15) is 0 Å². The highest BCUT2D eigenvalue weighted by molar-refractivity contribution is 5.81. The van der Waals surface area contributed by atoms with Crippen LogP contribution < -0.4 is 10.6 Å². The van der Waals surface area contributed by atoms with Gasteiger partial charge in [0.15, 0.2) is 0 Å². The molecule has 0 aromatic rings. The second kappa shape index (κ2) is 8.57. The number of hydrogen-bond acceptors (Lipinski definition) is 2.